The molecule has 0 atom stereocenters. The summed E-state index contributed by atoms with van der Waals surface area (Å²) in [6.07, 6.45) is 1.38. The summed E-state index contributed by atoms with van der Waals surface area (Å²) in [5, 5.41) is 0. The van der Waals surface area contributed by atoms with Gasteiger partial charge >= 0.3 is 0 Å². The number of hydrogen-bond acceptors (Lipinski definition) is 4. The lowest BCUT2D eigenvalue weighted by molar-refractivity contribution is 0.453. The second-order valence-electron chi connectivity index (χ2n) is 8.74. The van der Waals surface area contributed by atoms with Crippen LogP contribution in [0.3, 0.4) is 0 Å². The van der Waals surface area contributed by atoms with E-state index in [1.165, 1.54) is 6.07 Å². The van der Waals surface area contributed by atoms with Crippen LogP contribution in [0.1, 0.15) is 24.0 Å². The maximum absolute atomic E-state index is 13.8. The predicted molar refractivity (Wildman–Crippen MR) is 133 cm³/mol. The van der Waals surface area contributed by atoms with Crippen molar-refractivity contribution < 1.29 is 12.8 Å². The number of nitrogens with one attached hydrogen (secondary N) is 1. The number of nitrogens with zero attached hydrogens (tertiary/aromatic N) is 3. The summed E-state index contributed by atoms with van der Waals surface area (Å²) in [7, 11) is -3.41. The van der Waals surface area contributed by atoms with Gasteiger partial charge < -0.3 is 9.47 Å². The molecule has 6 nitrogen and oxygen atoms in total. The maximum Gasteiger partial charge on any atom is 0.216 e. The van der Waals surface area contributed by atoms with Gasteiger partial charge in [0.15, 0.2) is 0 Å². The highest BCUT2D eigenvalue weighted by Crippen LogP contribution is 2.27. The van der Waals surface area contributed by atoms with Gasteiger partial charge in [0.1, 0.15) is 5.82 Å². The molecule has 0 aliphatic carbocycles. The van der Waals surface area contributed by atoms with E-state index in [0.717, 1.165) is 28.1 Å². The molecule has 0 saturated carbocycles. The van der Waals surface area contributed by atoms with Crippen molar-refractivity contribution in [2.45, 2.75) is 31.2 Å². The molecule has 2 heterocycles. The van der Waals surface area contributed by atoms with Crippen molar-refractivity contribution >= 4 is 27.0 Å². The molecule has 176 valence electrons. The minimum atomic E-state index is -3.41. The molecule has 1 saturated heterocycles. The minimum Gasteiger partial charge on any atom is -0.342 e. The van der Waals surface area contributed by atoms with E-state index in [4.69, 9.17) is 4.98 Å². The van der Waals surface area contributed by atoms with E-state index >= 15 is 0 Å². The van der Waals surface area contributed by atoms with Gasteiger partial charge in [-0.2, -0.15) is 0 Å². The van der Waals surface area contributed by atoms with Crippen molar-refractivity contribution in [2.75, 3.05) is 18.0 Å². The van der Waals surface area contributed by atoms with Gasteiger partial charge in [-0.25, -0.2) is 22.5 Å². The molecule has 1 aliphatic rings. The van der Waals surface area contributed by atoms with Gasteiger partial charge in [-0.3, -0.25) is 0 Å². The van der Waals surface area contributed by atoms with Crippen LogP contribution in [0, 0.1) is 5.82 Å². The number of aromatic nitrogens is 2. The molecule has 1 aromatic heterocycles. The zero-order valence-corrected chi connectivity index (χ0v) is 19.6. The summed E-state index contributed by atoms with van der Waals surface area (Å²) >= 11 is 0. The number of anilines is 1. The molecular formula is C26H27FN4O2S. The number of benzene rings is 3. The molecule has 1 aliphatic heterocycles. The van der Waals surface area contributed by atoms with Gasteiger partial charge in [0, 0.05) is 19.1 Å². The fourth-order valence-electron chi connectivity index (χ4n) is 4.56. The molecule has 1 fully saturated rings. The highest BCUT2D eigenvalue weighted by molar-refractivity contribution is 7.88. The lowest BCUT2D eigenvalue weighted by Gasteiger charge is -2.33. The Kier molecular flexibility index (Phi) is 6.34. The highest BCUT2D eigenvalue weighted by atomic mass is 32.2. The third-order valence-electron chi connectivity index (χ3n) is 6.19. The predicted octanol–water partition coefficient (Wildman–Crippen LogP) is 4.31. The maximum atomic E-state index is 13.8. The number of sulfonamides is 1. The Bertz CT molecular complexity index is 1380. The lowest BCUT2D eigenvalue weighted by atomic mass is 10.1. The van der Waals surface area contributed by atoms with Crippen LogP contribution in [-0.2, 0) is 22.3 Å². The number of imidazole rings is 1. The van der Waals surface area contributed by atoms with Crippen molar-refractivity contribution in [3.05, 3.63) is 95.8 Å². The average molecular weight is 479 g/mol. The first-order valence-corrected chi connectivity index (χ1v) is 13.1. The van der Waals surface area contributed by atoms with E-state index in [9.17, 15) is 12.8 Å². The molecule has 0 spiro atoms. The molecule has 0 radical (unpaired) electrons. The van der Waals surface area contributed by atoms with Crippen LogP contribution in [0.4, 0.5) is 10.3 Å². The van der Waals surface area contributed by atoms with E-state index in [1.807, 2.05) is 60.7 Å². The van der Waals surface area contributed by atoms with E-state index in [0.29, 0.717) is 32.5 Å². The van der Waals surface area contributed by atoms with Crippen LogP contribution in [0.2, 0.25) is 0 Å². The van der Waals surface area contributed by atoms with Crippen molar-refractivity contribution in [3.8, 4) is 0 Å². The van der Waals surface area contributed by atoms with Gasteiger partial charge in [-0.15, -0.1) is 0 Å². The largest absolute Gasteiger partial charge is 0.342 e. The molecule has 1 N–H and O–H groups in total. The third kappa shape index (κ3) is 5.13. The smallest absolute Gasteiger partial charge is 0.216 e. The molecule has 5 rings (SSSR count). The summed E-state index contributed by atoms with van der Waals surface area (Å²) < 4.78 is 44.1. The van der Waals surface area contributed by atoms with Crippen molar-refractivity contribution in [2.24, 2.45) is 0 Å². The third-order valence-corrected chi connectivity index (χ3v) is 7.59. The van der Waals surface area contributed by atoms with Crippen molar-refractivity contribution in [3.63, 3.8) is 0 Å². The van der Waals surface area contributed by atoms with E-state index in [2.05, 4.69) is 14.2 Å². The summed E-state index contributed by atoms with van der Waals surface area (Å²) in [5.74, 6) is 0.556. The summed E-state index contributed by atoms with van der Waals surface area (Å²) in [6.45, 7) is 1.88. The van der Waals surface area contributed by atoms with Crippen LogP contribution in [0.5, 0.6) is 0 Å². The van der Waals surface area contributed by atoms with Gasteiger partial charge in [0.05, 0.1) is 23.3 Å². The van der Waals surface area contributed by atoms with Gasteiger partial charge in [-0.05, 0) is 48.2 Å². The van der Waals surface area contributed by atoms with Crippen LogP contribution in [0.25, 0.3) is 11.0 Å². The molecular weight excluding hydrogens is 451 g/mol. The first-order valence-electron chi connectivity index (χ1n) is 11.5. The van der Waals surface area contributed by atoms with E-state index < -0.39 is 10.0 Å². The monoisotopic (exact) mass is 478 g/mol. The Morgan fingerprint density at radius 2 is 1.62 bits per heavy atom. The summed E-state index contributed by atoms with van der Waals surface area (Å²) in [6, 6.07) is 23.7. The highest BCUT2D eigenvalue weighted by Gasteiger charge is 2.26. The first kappa shape index (κ1) is 22.6. The van der Waals surface area contributed by atoms with E-state index in [1.54, 1.807) is 12.1 Å². The summed E-state index contributed by atoms with van der Waals surface area (Å²) in [5.41, 5.74) is 3.53. The first-order chi connectivity index (χ1) is 16.5. The zero-order chi connectivity index (χ0) is 23.5. The SMILES string of the molecule is O=S(=O)(Cc1ccccc1)NC1CCN(c2nc3ccccc3n2Cc2cccc(F)c2)CC1. The van der Waals surface area contributed by atoms with Crippen LogP contribution < -0.4 is 9.62 Å². The van der Waals surface area contributed by atoms with Crippen molar-refractivity contribution in [1.29, 1.82) is 0 Å². The summed E-state index contributed by atoms with van der Waals surface area (Å²) in [4.78, 5) is 7.06. The number of hydrogen-bond donors (Lipinski definition) is 1. The Morgan fingerprint density at radius 1 is 0.912 bits per heavy atom. The molecule has 34 heavy (non-hydrogen) atoms. The van der Waals surface area contributed by atoms with E-state index in [-0.39, 0.29) is 17.6 Å². The standard InChI is InChI=1S/C26H27FN4O2S/c27-22-10-6-9-21(17-22)18-31-25-12-5-4-11-24(25)28-26(31)30-15-13-23(14-16-30)29-34(32,33)19-20-7-2-1-3-8-20/h1-12,17,23,29H,13-16,18-19H2. The Hall–Kier alpha value is -3.23. The average Bonchev–Trinajstić information content (AvgIpc) is 3.18. The molecule has 0 amide bonds. The van der Waals surface area contributed by atoms with Crippen LogP contribution in [0.15, 0.2) is 78.9 Å². The fraction of sp³-hybridized carbons (Fsp3) is 0.269. The van der Waals surface area contributed by atoms with Gasteiger partial charge in [0.25, 0.3) is 0 Å². The molecule has 8 heteroatoms. The zero-order valence-electron chi connectivity index (χ0n) is 18.8. The second-order valence-corrected chi connectivity index (χ2v) is 10.5. The van der Waals surface area contributed by atoms with Gasteiger partial charge in [0.2, 0.25) is 16.0 Å². The van der Waals surface area contributed by atoms with Crippen LogP contribution >= 0.6 is 0 Å². The number of piperidine rings is 1. The molecule has 3 aromatic carbocycles. The Balaban J connectivity index is 1.31. The van der Waals surface area contributed by atoms with Crippen molar-refractivity contribution in [1.82, 2.24) is 14.3 Å². The second kappa shape index (κ2) is 9.56. The number of rotatable bonds is 7. The lowest BCUT2D eigenvalue weighted by Crippen LogP contribution is -2.45. The molecule has 0 unspecified atom stereocenters. The Morgan fingerprint density at radius 3 is 2.38 bits per heavy atom. The fourth-order valence-corrected chi connectivity index (χ4v) is 6.02. The molecule has 0 bridgehead atoms. The number of halogens is 1. The number of para-hydroxylation sites is 2. The quantitative estimate of drug-likeness (QED) is 0.430. The number of fused-ring (bicyclic) bond motifs is 1. The normalized spacial score (nSPS) is 15.1. The molecule has 4 aromatic rings. The van der Waals surface area contributed by atoms with Crippen LogP contribution in [-0.4, -0.2) is 37.1 Å². The minimum absolute atomic E-state index is 0.0164. The van der Waals surface area contributed by atoms with Gasteiger partial charge in [-0.1, -0.05) is 54.6 Å². The Labute approximate surface area is 199 Å². The topological polar surface area (TPSA) is 67.2 Å².